The molecule has 0 radical (unpaired) electrons. The van der Waals surface area contributed by atoms with Gasteiger partial charge < -0.3 is 15.5 Å². The lowest BCUT2D eigenvalue weighted by Crippen LogP contribution is -2.37. The van der Waals surface area contributed by atoms with E-state index in [1.165, 1.54) is 11.1 Å². The van der Waals surface area contributed by atoms with Gasteiger partial charge in [-0.15, -0.1) is 0 Å². The third-order valence-corrected chi connectivity index (χ3v) is 4.36. The van der Waals surface area contributed by atoms with Gasteiger partial charge in [-0.25, -0.2) is 9.59 Å². The van der Waals surface area contributed by atoms with Gasteiger partial charge in [-0.05, 0) is 37.5 Å². The van der Waals surface area contributed by atoms with Crippen LogP contribution in [0.3, 0.4) is 0 Å². The highest BCUT2D eigenvalue weighted by molar-refractivity contribution is 6.27. The standard InChI is InChI=1S/C17H20N2.C2H2O4/c1-17(2)15(14-9-6-10-18-12-14)11-16(19-17)13-7-4-3-5-8-13;3-1(4)2(5)6/h3-10,12,15-16,19H,11H2,1-2H3;(H,3,4)(H,5,6). The number of aliphatic carboxylic acids is 2. The minimum atomic E-state index is -1.82. The molecule has 0 aliphatic carbocycles. The molecule has 6 heteroatoms. The molecule has 1 aromatic carbocycles. The van der Waals surface area contributed by atoms with Gasteiger partial charge in [0.25, 0.3) is 0 Å². The predicted molar refractivity (Wildman–Crippen MR) is 93.3 cm³/mol. The lowest BCUT2D eigenvalue weighted by atomic mass is 9.83. The summed E-state index contributed by atoms with van der Waals surface area (Å²) in [6, 6.07) is 15.4. The molecule has 2 unspecified atom stereocenters. The fourth-order valence-corrected chi connectivity index (χ4v) is 3.18. The molecule has 132 valence electrons. The van der Waals surface area contributed by atoms with E-state index in [0.29, 0.717) is 12.0 Å². The Bertz CT molecular complexity index is 705. The zero-order valence-electron chi connectivity index (χ0n) is 14.2. The van der Waals surface area contributed by atoms with Crippen LogP contribution in [0, 0.1) is 0 Å². The Morgan fingerprint density at radius 2 is 1.64 bits per heavy atom. The first kappa shape index (κ1) is 18.6. The molecule has 0 spiro atoms. The van der Waals surface area contributed by atoms with Gasteiger partial charge in [0.15, 0.2) is 0 Å². The summed E-state index contributed by atoms with van der Waals surface area (Å²) in [7, 11) is 0. The molecule has 1 saturated heterocycles. The molecular formula is C19H22N2O4. The van der Waals surface area contributed by atoms with E-state index in [0.717, 1.165) is 6.42 Å². The summed E-state index contributed by atoms with van der Waals surface area (Å²) in [6.07, 6.45) is 4.97. The fourth-order valence-electron chi connectivity index (χ4n) is 3.18. The van der Waals surface area contributed by atoms with Gasteiger partial charge in [0.05, 0.1) is 0 Å². The van der Waals surface area contributed by atoms with Gasteiger partial charge in [0, 0.05) is 29.9 Å². The third-order valence-electron chi connectivity index (χ3n) is 4.36. The summed E-state index contributed by atoms with van der Waals surface area (Å²) in [5.74, 6) is -3.14. The van der Waals surface area contributed by atoms with Crippen LogP contribution < -0.4 is 5.32 Å². The highest BCUT2D eigenvalue weighted by Crippen LogP contribution is 2.43. The second kappa shape index (κ2) is 7.90. The molecule has 0 amide bonds. The minimum Gasteiger partial charge on any atom is -0.473 e. The van der Waals surface area contributed by atoms with Crippen molar-refractivity contribution in [2.45, 2.75) is 37.8 Å². The van der Waals surface area contributed by atoms with E-state index in [9.17, 15) is 0 Å². The number of carboxylic acids is 2. The number of benzene rings is 1. The molecule has 1 aliphatic heterocycles. The maximum Gasteiger partial charge on any atom is 0.414 e. The lowest BCUT2D eigenvalue weighted by molar-refractivity contribution is -0.159. The Hall–Kier alpha value is -2.73. The van der Waals surface area contributed by atoms with Crippen LogP contribution in [0.2, 0.25) is 0 Å². The largest absolute Gasteiger partial charge is 0.473 e. The monoisotopic (exact) mass is 342 g/mol. The number of pyridine rings is 1. The summed E-state index contributed by atoms with van der Waals surface area (Å²) in [4.78, 5) is 22.5. The molecule has 25 heavy (non-hydrogen) atoms. The van der Waals surface area contributed by atoms with Crippen molar-refractivity contribution in [3.05, 3.63) is 66.0 Å². The highest BCUT2D eigenvalue weighted by Gasteiger charge is 2.41. The van der Waals surface area contributed by atoms with E-state index in [-0.39, 0.29) is 5.54 Å². The molecule has 2 heterocycles. The Morgan fingerprint density at radius 3 is 2.16 bits per heavy atom. The van der Waals surface area contributed by atoms with E-state index in [1.807, 2.05) is 18.5 Å². The molecule has 2 atom stereocenters. The Kier molecular flexibility index (Phi) is 5.88. The molecular weight excluding hydrogens is 320 g/mol. The average Bonchev–Trinajstić information content (AvgIpc) is 2.92. The van der Waals surface area contributed by atoms with Crippen LogP contribution in [0.25, 0.3) is 0 Å². The van der Waals surface area contributed by atoms with Gasteiger partial charge in [-0.1, -0.05) is 36.4 Å². The molecule has 6 nitrogen and oxygen atoms in total. The predicted octanol–water partition coefficient (Wildman–Crippen LogP) is 2.83. The van der Waals surface area contributed by atoms with Crippen molar-refractivity contribution in [3.63, 3.8) is 0 Å². The van der Waals surface area contributed by atoms with Crippen molar-refractivity contribution < 1.29 is 19.8 Å². The summed E-state index contributed by atoms with van der Waals surface area (Å²) in [5.41, 5.74) is 2.81. The number of hydrogen-bond acceptors (Lipinski definition) is 4. The quantitative estimate of drug-likeness (QED) is 0.726. The van der Waals surface area contributed by atoms with E-state index >= 15 is 0 Å². The zero-order chi connectivity index (χ0) is 18.4. The summed E-state index contributed by atoms with van der Waals surface area (Å²) in [6.45, 7) is 4.57. The van der Waals surface area contributed by atoms with Crippen LogP contribution in [0.15, 0.2) is 54.9 Å². The summed E-state index contributed by atoms with van der Waals surface area (Å²) >= 11 is 0. The maximum atomic E-state index is 9.10. The highest BCUT2D eigenvalue weighted by atomic mass is 16.4. The van der Waals surface area contributed by atoms with Crippen molar-refractivity contribution in [1.29, 1.82) is 0 Å². The number of hydrogen-bond donors (Lipinski definition) is 3. The zero-order valence-corrected chi connectivity index (χ0v) is 14.2. The Labute approximate surface area is 146 Å². The van der Waals surface area contributed by atoms with Crippen LogP contribution in [-0.2, 0) is 9.59 Å². The molecule has 1 aromatic heterocycles. The lowest BCUT2D eigenvalue weighted by Gasteiger charge is -2.27. The van der Waals surface area contributed by atoms with Gasteiger partial charge in [-0.3, -0.25) is 4.98 Å². The van der Waals surface area contributed by atoms with Crippen molar-refractivity contribution in [2.24, 2.45) is 0 Å². The van der Waals surface area contributed by atoms with Gasteiger partial charge >= 0.3 is 11.9 Å². The first-order chi connectivity index (χ1) is 11.8. The fraction of sp³-hybridized carbons (Fsp3) is 0.316. The molecule has 3 rings (SSSR count). The SMILES string of the molecule is CC1(C)NC(c2ccccc2)CC1c1cccnc1.O=C(O)C(=O)O. The van der Waals surface area contributed by atoms with Gasteiger partial charge in [-0.2, -0.15) is 0 Å². The summed E-state index contributed by atoms with van der Waals surface area (Å²) in [5, 5.41) is 18.5. The molecule has 1 aliphatic rings. The Balaban J connectivity index is 0.000000326. The number of aromatic nitrogens is 1. The van der Waals surface area contributed by atoms with Crippen molar-refractivity contribution >= 4 is 11.9 Å². The van der Waals surface area contributed by atoms with Crippen LogP contribution >= 0.6 is 0 Å². The van der Waals surface area contributed by atoms with E-state index < -0.39 is 11.9 Å². The van der Waals surface area contributed by atoms with Crippen molar-refractivity contribution in [2.75, 3.05) is 0 Å². The van der Waals surface area contributed by atoms with Gasteiger partial charge in [0.1, 0.15) is 0 Å². The number of nitrogens with one attached hydrogen (secondary N) is 1. The number of carbonyl (C=O) groups is 2. The second-order valence-corrected chi connectivity index (χ2v) is 6.51. The number of rotatable bonds is 2. The van der Waals surface area contributed by atoms with Crippen LogP contribution in [0.1, 0.15) is 43.4 Å². The van der Waals surface area contributed by atoms with E-state index in [2.05, 4.69) is 60.5 Å². The van der Waals surface area contributed by atoms with Crippen molar-refractivity contribution in [1.82, 2.24) is 10.3 Å². The molecule has 1 fully saturated rings. The molecule has 3 N–H and O–H groups in total. The number of carboxylic acid groups (broad SMARTS) is 2. The normalized spacial score (nSPS) is 21.0. The average molecular weight is 342 g/mol. The van der Waals surface area contributed by atoms with Crippen LogP contribution in [0.5, 0.6) is 0 Å². The molecule has 2 aromatic rings. The maximum absolute atomic E-state index is 9.10. The molecule has 0 saturated carbocycles. The molecule has 0 bridgehead atoms. The van der Waals surface area contributed by atoms with Crippen LogP contribution in [0.4, 0.5) is 0 Å². The summed E-state index contributed by atoms with van der Waals surface area (Å²) < 4.78 is 0. The number of nitrogens with zero attached hydrogens (tertiary/aromatic N) is 1. The first-order valence-corrected chi connectivity index (χ1v) is 8.00. The van der Waals surface area contributed by atoms with E-state index in [4.69, 9.17) is 19.8 Å². The smallest absolute Gasteiger partial charge is 0.414 e. The van der Waals surface area contributed by atoms with Crippen molar-refractivity contribution in [3.8, 4) is 0 Å². The van der Waals surface area contributed by atoms with E-state index in [1.54, 1.807) is 0 Å². The topological polar surface area (TPSA) is 99.5 Å². The minimum absolute atomic E-state index is 0.101. The Morgan fingerprint density at radius 1 is 1.04 bits per heavy atom. The van der Waals surface area contributed by atoms with Gasteiger partial charge in [0.2, 0.25) is 0 Å². The second-order valence-electron chi connectivity index (χ2n) is 6.51. The first-order valence-electron chi connectivity index (χ1n) is 8.00. The van der Waals surface area contributed by atoms with Crippen LogP contribution in [-0.4, -0.2) is 32.7 Å². The third kappa shape index (κ3) is 4.87.